The van der Waals surface area contributed by atoms with Crippen LogP contribution in [0.15, 0.2) is 66.2 Å². The summed E-state index contributed by atoms with van der Waals surface area (Å²) in [6.07, 6.45) is 1.45. The van der Waals surface area contributed by atoms with E-state index in [0.29, 0.717) is 17.9 Å². The highest BCUT2D eigenvalue weighted by Gasteiger charge is 2.12. The minimum atomic E-state index is -0.668. The number of nitrogens with one attached hydrogen (secondary N) is 1. The Morgan fingerprint density at radius 1 is 1.06 bits per heavy atom. The fourth-order valence-corrected chi connectivity index (χ4v) is 3.32. The molecule has 0 aliphatic carbocycles. The Bertz CT molecular complexity index is 1150. The number of aryl methyl sites for hydroxylation is 3. The Kier molecular flexibility index (Phi) is 6.84. The number of rotatable bonds is 6. The van der Waals surface area contributed by atoms with Crippen molar-refractivity contribution in [1.29, 1.82) is 5.26 Å². The monoisotopic (exact) mass is 414 g/mol. The maximum Gasteiger partial charge on any atom is 0.266 e. The van der Waals surface area contributed by atoms with Gasteiger partial charge < -0.3 is 10.1 Å². The lowest BCUT2D eigenvalue weighted by atomic mass is 10.0. The highest BCUT2D eigenvalue weighted by atomic mass is 19.1. The predicted molar refractivity (Wildman–Crippen MR) is 120 cm³/mol. The van der Waals surface area contributed by atoms with Crippen molar-refractivity contribution in [3.63, 3.8) is 0 Å². The van der Waals surface area contributed by atoms with Crippen molar-refractivity contribution in [2.75, 3.05) is 5.32 Å². The molecule has 0 radical (unpaired) electrons. The molecule has 0 heterocycles. The molecule has 0 aromatic heterocycles. The lowest BCUT2D eigenvalue weighted by Crippen LogP contribution is -2.14. The lowest BCUT2D eigenvalue weighted by molar-refractivity contribution is -0.112. The van der Waals surface area contributed by atoms with Gasteiger partial charge in [-0.3, -0.25) is 4.79 Å². The molecule has 5 heteroatoms. The number of halogens is 1. The van der Waals surface area contributed by atoms with Crippen molar-refractivity contribution in [3.8, 4) is 11.8 Å². The zero-order chi connectivity index (χ0) is 22.4. The van der Waals surface area contributed by atoms with Crippen molar-refractivity contribution in [1.82, 2.24) is 0 Å². The summed E-state index contributed by atoms with van der Waals surface area (Å²) in [5, 5.41) is 11.8. The molecule has 0 aliphatic rings. The van der Waals surface area contributed by atoms with E-state index < -0.39 is 11.7 Å². The SMILES string of the molecule is Cc1cc(C)c(COc2ccc(/C=C(\C#N)C(=O)Nc3ccccc3F)cc2)c(C)c1. The average Bonchev–Trinajstić information content (AvgIpc) is 2.73. The van der Waals surface area contributed by atoms with Crippen LogP contribution in [0.4, 0.5) is 10.1 Å². The van der Waals surface area contributed by atoms with Gasteiger partial charge in [0.2, 0.25) is 0 Å². The molecule has 156 valence electrons. The third-order valence-electron chi connectivity index (χ3n) is 4.90. The molecule has 3 aromatic rings. The van der Waals surface area contributed by atoms with Crippen LogP contribution in [0.3, 0.4) is 0 Å². The van der Waals surface area contributed by atoms with Crippen LogP contribution in [-0.4, -0.2) is 5.91 Å². The van der Waals surface area contributed by atoms with Gasteiger partial charge in [0, 0.05) is 0 Å². The van der Waals surface area contributed by atoms with Crippen LogP contribution < -0.4 is 10.1 Å². The molecule has 3 aromatic carbocycles. The van der Waals surface area contributed by atoms with Crippen LogP contribution in [0.5, 0.6) is 5.75 Å². The maximum absolute atomic E-state index is 13.7. The summed E-state index contributed by atoms with van der Waals surface area (Å²) < 4.78 is 19.6. The first-order valence-corrected chi connectivity index (χ1v) is 9.84. The molecule has 0 fully saturated rings. The number of para-hydroxylation sites is 1. The minimum absolute atomic E-state index is 0.0269. The van der Waals surface area contributed by atoms with Gasteiger partial charge in [0.25, 0.3) is 5.91 Å². The van der Waals surface area contributed by atoms with Gasteiger partial charge in [0.05, 0.1) is 5.69 Å². The van der Waals surface area contributed by atoms with E-state index in [4.69, 9.17) is 4.74 Å². The first kappa shape index (κ1) is 21.8. The number of carbonyl (C=O) groups is 1. The molecule has 3 rings (SSSR count). The van der Waals surface area contributed by atoms with Gasteiger partial charge in [0.1, 0.15) is 29.8 Å². The first-order valence-electron chi connectivity index (χ1n) is 9.84. The van der Waals surface area contributed by atoms with Crippen LogP contribution >= 0.6 is 0 Å². The van der Waals surface area contributed by atoms with Gasteiger partial charge in [-0.2, -0.15) is 5.26 Å². The van der Waals surface area contributed by atoms with Gasteiger partial charge in [-0.05, 0) is 73.4 Å². The van der Waals surface area contributed by atoms with Crippen LogP contribution in [0.1, 0.15) is 27.8 Å². The second kappa shape index (κ2) is 9.73. The number of hydrogen-bond donors (Lipinski definition) is 1. The maximum atomic E-state index is 13.7. The second-order valence-corrected chi connectivity index (χ2v) is 7.34. The van der Waals surface area contributed by atoms with Gasteiger partial charge >= 0.3 is 0 Å². The number of amides is 1. The molecule has 31 heavy (non-hydrogen) atoms. The number of nitrogens with zero attached hydrogens (tertiary/aromatic N) is 1. The summed E-state index contributed by atoms with van der Waals surface area (Å²) in [7, 11) is 0. The number of hydrogen-bond acceptors (Lipinski definition) is 3. The van der Waals surface area contributed by atoms with Crippen molar-refractivity contribution in [3.05, 3.63) is 99.9 Å². The molecule has 1 N–H and O–H groups in total. The van der Waals surface area contributed by atoms with Crippen LogP contribution in [0.2, 0.25) is 0 Å². The van der Waals surface area contributed by atoms with Crippen molar-refractivity contribution in [2.45, 2.75) is 27.4 Å². The van der Waals surface area contributed by atoms with E-state index in [1.807, 2.05) is 6.07 Å². The van der Waals surface area contributed by atoms with E-state index in [0.717, 1.165) is 5.56 Å². The molecule has 4 nitrogen and oxygen atoms in total. The summed E-state index contributed by atoms with van der Waals surface area (Å²) in [5.41, 5.74) is 5.33. The fraction of sp³-hybridized carbons (Fsp3) is 0.154. The second-order valence-electron chi connectivity index (χ2n) is 7.34. The molecule has 0 aliphatic heterocycles. The number of benzene rings is 3. The molecule has 1 amide bonds. The largest absolute Gasteiger partial charge is 0.489 e. The van der Waals surface area contributed by atoms with Crippen LogP contribution in [0.25, 0.3) is 6.08 Å². The number of ether oxygens (including phenoxy) is 1. The van der Waals surface area contributed by atoms with E-state index in [9.17, 15) is 14.4 Å². The fourth-order valence-electron chi connectivity index (χ4n) is 3.32. The Balaban J connectivity index is 1.68. The summed E-state index contributed by atoms with van der Waals surface area (Å²) in [6.45, 7) is 6.68. The van der Waals surface area contributed by atoms with E-state index >= 15 is 0 Å². The van der Waals surface area contributed by atoms with Gasteiger partial charge in [-0.25, -0.2) is 4.39 Å². The normalized spacial score (nSPS) is 11.0. The van der Waals surface area contributed by atoms with Gasteiger partial charge in [-0.15, -0.1) is 0 Å². The molecule has 0 saturated heterocycles. The summed E-state index contributed by atoms with van der Waals surface area (Å²) in [5.74, 6) is -0.544. The summed E-state index contributed by atoms with van der Waals surface area (Å²) >= 11 is 0. The molecular formula is C26H23FN2O2. The Morgan fingerprint density at radius 2 is 1.71 bits per heavy atom. The third-order valence-corrected chi connectivity index (χ3v) is 4.90. The van der Waals surface area contributed by atoms with E-state index in [-0.39, 0.29) is 11.3 Å². The summed E-state index contributed by atoms with van der Waals surface area (Å²) in [4.78, 5) is 12.3. The van der Waals surface area contributed by atoms with E-state index in [1.165, 1.54) is 41.0 Å². The highest BCUT2D eigenvalue weighted by molar-refractivity contribution is 6.09. The zero-order valence-corrected chi connectivity index (χ0v) is 17.7. The van der Waals surface area contributed by atoms with Crippen molar-refractivity contribution >= 4 is 17.7 Å². The molecule has 0 atom stereocenters. The number of carbonyl (C=O) groups excluding carboxylic acids is 1. The third kappa shape index (κ3) is 5.58. The zero-order valence-electron chi connectivity index (χ0n) is 17.7. The summed E-state index contributed by atoms with van der Waals surface area (Å²) in [6, 6.07) is 19.0. The van der Waals surface area contributed by atoms with Crippen molar-refractivity contribution < 1.29 is 13.9 Å². The van der Waals surface area contributed by atoms with E-state index in [1.54, 1.807) is 30.3 Å². The predicted octanol–water partition coefficient (Wildman–Crippen LogP) is 5.88. The number of nitriles is 1. The van der Waals surface area contributed by atoms with Gasteiger partial charge in [0.15, 0.2) is 0 Å². The standard InChI is InChI=1S/C26H23FN2O2/c1-17-12-18(2)23(19(3)13-17)16-31-22-10-8-20(9-11-22)14-21(15-28)26(30)29-25-7-5-4-6-24(25)27/h4-14H,16H2,1-3H3,(H,29,30)/b21-14+. The molecule has 0 spiro atoms. The Morgan fingerprint density at radius 3 is 2.32 bits per heavy atom. The molecule has 0 unspecified atom stereocenters. The van der Waals surface area contributed by atoms with Gasteiger partial charge in [-0.1, -0.05) is 42.0 Å². The van der Waals surface area contributed by atoms with Crippen LogP contribution in [0, 0.1) is 37.9 Å². The quantitative estimate of drug-likeness (QED) is 0.405. The molecule has 0 saturated carbocycles. The van der Waals surface area contributed by atoms with E-state index in [2.05, 4.69) is 38.2 Å². The number of anilines is 1. The lowest BCUT2D eigenvalue weighted by Gasteiger charge is -2.13. The molecular weight excluding hydrogens is 391 g/mol. The Hall–Kier alpha value is -3.91. The first-order chi connectivity index (χ1) is 14.9. The highest BCUT2D eigenvalue weighted by Crippen LogP contribution is 2.21. The van der Waals surface area contributed by atoms with Crippen molar-refractivity contribution in [2.24, 2.45) is 0 Å². The molecule has 0 bridgehead atoms. The minimum Gasteiger partial charge on any atom is -0.489 e. The van der Waals surface area contributed by atoms with Crippen LogP contribution in [-0.2, 0) is 11.4 Å². The average molecular weight is 414 g/mol. The topological polar surface area (TPSA) is 62.1 Å². The smallest absolute Gasteiger partial charge is 0.266 e. The Labute approximate surface area is 181 Å².